The average molecular weight is 302 g/mol. The van der Waals surface area contributed by atoms with Crippen LogP contribution in [0.1, 0.15) is 16.7 Å². The van der Waals surface area contributed by atoms with Crippen LogP contribution in [0, 0.1) is 18.3 Å². The Hall–Kier alpha value is -1.79. The van der Waals surface area contributed by atoms with Crippen molar-refractivity contribution in [1.82, 2.24) is 0 Å². The fourth-order valence-electron chi connectivity index (χ4n) is 1.64. The molecule has 0 atom stereocenters. The van der Waals surface area contributed by atoms with E-state index in [0.717, 1.165) is 21.3 Å². The molecule has 90 valence electrons. The summed E-state index contributed by atoms with van der Waals surface area (Å²) in [7, 11) is 0. The molecule has 2 aromatic carbocycles. The fourth-order valence-corrected chi connectivity index (χ4v) is 2.09. The highest BCUT2D eigenvalue weighted by Crippen LogP contribution is 2.19. The fraction of sp³-hybridized carbons (Fsp3) is 0.133. The van der Waals surface area contributed by atoms with Crippen LogP contribution in [-0.2, 0) is 6.61 Å². The molecule has 0 fully saturated rings. The zero-order chi connectivity index (χ0) is 13.0. The normalized spacial score (nSPS) is 9.83. The van der Waals surface area contributed by atoms with Crippen molar-refractivity contribution in [3.05, 3.63) is 63.6 Å². The van der Waals surface area contributed by atoms with E-state index < -0.39 is 0 Å². The van der Waals surface area contributed by atoms with Crippen molar-refractivity contribution < 1.29 is 4.74 Å². The maximum absolute atomic E-state index is 8.85. The van der Waals surface area contributed by atoms with Gasteiger partial charge < -0.3 is 4.74 Å². The van der Waals surface area contributed by atoms with Gasteiger partial charge in [-0.1, -0.05) is 28.1 Å². The number of nitriles is 1. The molecule has 0 amide bonds. The van der Waals surface area contributed by atoms with Gasteiger partial charge in [-0.25, -0.2) is 0 Å². The van der Waals surface area contributed by atoms with E-state index in [0.29, 0.717) is 12.2 Å². The van der Waals surface area contributed by atoms with Gasteiger partial charge in [0.05, 0.1) is 11.6 Å². The maximum atomic E-state index is 8.85. The molecule has 0 heterocycles. The molecule has 0 aliphatic carbocycles. The summed E-state index contributed by atoms with van der Waals surface area (Å²) in [6.45, 7) is 2.43. The van der Waals surface area contributed by atoms with E-state index in [1.54, 1.807) is 6.07 Å². The maximum Gasteiger partial charge on any atom is 0.120 e. The number of rotatable bonds is 3. The van der Waals surface area contributed by atoms with E-state index >= 15 is 0 Å². The largest absolute Gasteiger partial charge is 0.489 e. The number of ether oxygens (including phenoxy) is 1. The smallest absolute Gasteiger partial charge is 0.120 e. The lowest BCUT2D eigenvalue weighted by molar-refractivity contribution is 0.306. The van der Waals surface area contributed by atoms with Crippen molar-refractivity contribution in [2.24, 2.45) is 0 Å². The van der Waals surface area contributed by atoms with Crippen LogP contribution < -0.4 is 4.74 Å². The summed E-state index contributed by atoms with van der Waals surface area (Å²) in [6, 6.07) is 15.6. The molecule has 0 bridgehead atoms. The van der Waals surface area contributed by atoms with Gasteiger partial charge in [0.2, 0.25) is 0 Å². The number of hydrogen-bond donors (Lipinski definition) is 0. The summed E-state index contributed by atoms with van der Waals surface area (Å²) in [4.78, 5) is 0. The van der Waals surface area contributed by atoms with Crippen molar-refractivity contribution in [3.8, 4) is 11.8 Å². The molecule has 0 N–H and O–H groups in total. The van der Waals surface area contributed by atoms with Gasteiger partial charge in [0.15, 0.2) is 0 Å². The molecule has 2 aromatic rings. The van der Waals surface area contributed by atoms with Crippen molar-refractivity contribution in [2.45, 2.75) is 13.5 Å². The van der Waals surface area contributed by atoms with Crippen LogP contribution in [0.4, 0.5) is 0 Å². The van der Waals surface area contributed by atoms with Gasteiger partial charge in [0.1, 0.15) is 12.4 Å². The van der Waals surface area contributed by atoms with Crippen LogP contribution in [-0.4, -0.2) is 0 Å². The first kappa shape index (κ1) is 12.7. The zero-order valence-corrected chi connectivity index (χ0v) is 11.6. The molecular formula is C15H12BrNO. The highest BCUT2D eigenvalue weighted by atomic mass is 79.9. The molecular weight excluding hydrogens is 290 g/mol. The highest BCUT2D eigenvalue weighted by molar-refractivity contribution is 9.10. The predicted molar refractivity (Wildman–Crippen MR) is 74.4 cm³/mol. The summed E-state index contributed by atoms with van der Waals surface area (Å²) >= 11 is 3.43. The molecule has 18 heavy (non-hydrogen) atoms. The molecule has 0 saturated carbocycles. The minimum atomic E-state index is 0.519. The second-order valence-corrected chi connectivity index (χ2v) is 4.92. The summed E-state index contributed by atoms with van der Waals surface area (Å²) < 4.78 is 6.74. The van der Waals surface area contributed by atoms with Gasteiger partial charge in [0, 0.05) is 4.47 Å². The van der Waals surface area contributed by atoms with E-state index in [-0.39, 0.29) is 0 Å². The van der Waals surface area contributed by atoms with Gasteiger partial charge in [-0.2, -0.15) is 5.26 Å². The Morgan fingerprint density at radius 1 is 1.22 bits per heavy atom. The third-order valence-corrected chi connectivity index (χ3v) is 3.11. The number of nitrogens with zero attached hydrogens (tertiary/aromatic N) is 1. The second-order valence-electron chi connectivity index (χ2n) is 4.01. The lowest BCUT2D eigenvalue weighted by Crippen LogP contribution is -1.96. The van der Waals surface area contributed by atoms with Crippen LogP contribution in [0.25, 0.3) is 0 Å². The third-order valence-electron chi connectivity index (χ3n) is 2.61. The first-order chi connectivity index (χ1) is 8.69. The molecule has 0 spiro atoms. The molecule has 2 nitrogen and oxygen atoms in total. The topological polar surface area (TPSA) is 33.0 Å². The Morgan fingerprint density at radius 3 is 2.72 bits per heavy atom. The van der Waals surface area contributed by atoms with Crippen molar-refractivity contribution in [3.63, 3.8) is 0 Å². The molecule has 0 aromatic heterocycles. The van der Waals surface area contributed by atoms with Crippen LogP contribution in [0.15, 0.2) is 46.9 Å². The van der Waals surface area contributed by atoms with Gasteiger partial charge in [-0.3, -0.25) is 0 Å². The van der Waals surface area contributed by atoms with Crippen LogP contribution in [0.5, 0.6) is 5.75 Å². The molecule has 2 rings (SSSR count). The van der Waals surface area contributed by atoms with E-state index in [9.17, 15) is 0 Å². The van der Waals surface area contributed by atoms with Crippen LogP contribution in [0.2, 0.25) is 0 Å². The Balaban J connectivity index is 2.07. The number of hydrogen-bond acceptors (Lipinski definition) is 2. The quantitative estimate of drug-likeness (QED) is 0.851. The van der Waals surface area contributed by atoms with Crippen molar-refractivity contribution in [1.29, 1.82) is 5.26 Å². The summed E-state index contributed by atoms with van der Waals surface area (Å²) in [5, 5.41) is 8.85. The molecule has 3 heteroatoms. The molecule has 0 radical (unpaired) electrons. The highest BCUT2D eigenvalue weighted by Gasteiger charge is 2.01. The van der Waals surface area contributed by atoms with E-state index in [4.69, 9.17) is 10.00 Å². The zero-order valence-electron chi connectivity index (χ0n) is 9.98. The lowest BCUT2D eigenvalue weighted by Gasteiger charge is -2.08. The summed E-state index contributed by atoms with van der Waals surface area (Å²) in [5.41, 5.74) is 2.72. The Kier molecular flexibility index (Phi) is 4.01. The van der Waals surface area contributed by atoms with Crippen molar-refractivity contribution in [2.75, 3.05) is 0 Å². The van der Waals surface area contributed by atoms with Gasteiger partial charge >= 0.3 is 0 Å². The summed E-state index contributed by atoms with van der Waals surface area (Å²) in [5.74, 6) is 0.784. The molecule has 0 unspecified atom stereocenters. The summed E-state index contributed by atoms with van der Waals surface area (Å²) in [6.07, 6.45) is 0. The van der Waals surface area contributed by atoms with E-state index in [1.807, 2.05) is 43.3 Å². The standard InChI is InChI=1S/C15H12BrNO/c1-11-7-15(6-5-13(11)9-17)18-10-12-3-2-4-14(16)8-12/h2-8H,10H2,1H3. The lowest BCUT2D eigenvalue weighted by atomic mass is 10.1. The van der Waals surface area contributed by atoms with Gasteiger partial charge in [-0.05, 0) is 48.4 Å². The first-order valence-electron chi connectivity index (χ1n) is 5.57. The van der Waals surface area contributed by atoms with Crippen molar-refractivity contribution >= 4 is 15.9 Å². The third kappa shape index (κ3) is 3.12. The number of aryl methyl sites for hydroxylation is 1. The Bertz CT molecular complexity index is 602. The molecule has 0 saturated heterocycles. The SMILES string of the molecule is Cc1cc(OCc2cccc(Br)c2)ccc1C#N. The monoisotopic (exact) mass is 301 g/mol. The number of benzene rings is 2. The van der Waals surface area contributed by atoms with Gasteiger partial charge in [0.25, 0.3) is 0 Å². The molecule has 0 aliphatic heterocycles. The average Bonchev–Trinajstić information content (AvgIpc) is 2.37. The minimum Gasteiger partial charge on any atom is -0.489 e. The predicted octanol–water partition coefficient (Wildman–Crippen LogP) is 4.21. The van der Waals surface area contributed by atoms with E-state index in [2.05, 4.69) is 22.0 Å². The molecule has 0 aliphatic rings. The Morgan fingerprint density at radius 2 is 2.06 bits per heavy atom. The van der Waals surface area contributed by atoms with E-state index in [1.165, 1.54) is 0 Å². The van der Waals surface area contributed by atoms with Gasteiger partial charge in [-0.15, -0.1) is 0 Å². The second kappa shape index (κ2) is 5.70. The first-order valence-corrected chi connectivity index (χ1v) is 6.36. The Labute approximate surface area is 115 Å². The van der Waals surface area contributed by atoms with Crippen LogP contribution in [0.3, 0.4) is 0 Å². The number of halogens is 1. The minimum absolute atomic E-state index is 0.519. The van der Waals surface area contributed by atoms with Crippen LogP contribution >= 0.6 is 15.9 Å².